The molecule has 1 spiro atoms. The summed E-state index contributed by atoms with van der Waals surface area (Å²) in [5, 5.41) is 0. The first-order valence-corrected chi connectivity index (χ1v) is 13.9. The van der Waals surface area contributed by atoms with Crippen molar-refractivity contribution in [3.8, 4) is 12.3 Å². The number of hydrogen-bond donors (Lipinski definition) is 0. The van der Waals surface area contributed by atoms with Crippen LogP contribution in [0.5, 0.6) is 0 Å². The zero-order chi connectivity index (χ0) is 28.2. The Morgan fingerprint density at radius 3 is 2.51 bits per heavy atom. The molecule has 1 aliphatic heterocycles. The summed E-state index contributed by atoms with van der Waals surface area (Å²) in [7, 11) is 0. The van der Waals surface area contributed by atoms with Gasteiger partial charge in [0.2, 0.25) is 0 Å². The molecule has 0 N–H and O–H groups in total. The minimum Gasteiger partial charge on any atom is -0.292 e. The predicted octanol–water partition coefficient (Wildman–Crippen LogP) is 6.44. The highest BCUT2D eigenvalue weighted by Crippen LogP contribution is 2.45. The Hall–Kier alpha value is -3.46. The number of aryl methyl sites for hydroxylation is 1. The first-order valence-electron chi connectivity index (χ1n) is 13.9. The highest BCUT2D eigenvalue weighted by molar-refractivity contribution is 6.47. The van der Waals surface area contributed by atoms with Crippen molar-refractivity contribution in [1.29, 1.82) is 0 Å². The van der Waals surface area contributed by atoms with Gasteiger partial charge in [-0.2, -0.15) is 4.58 Å². The largest absolute Gasteiger partial charge is 0.418 e. The highest BCUT2D eigenvalue weighted by atomic mass is 19.2. The number of terminal acetylenes is 1. The minimum atomic E-state index is -1.02. The van der Waals surface area contributed by atoms with Crippen LogP contribution in [0.3, 0.4) is 0 Å². The average molecular weight is 532 g/mol. The number of amides is 1. The molecule has 1 atom stereocenters. The van der Waals surface area contributed by atoms with Crippen molar-refractivity contribution >= 4 is 24.1 Å². The Kier molecular flexibility index (Phi) is 8.90. The van der Waals surface area contributed by atoms with E-state index in [-0.39, 0.29) is 28.9 Å². The normalized spacial score (nSPS) is 23.0. The molecular formula is C33H37F2N2O2+. The van der Waals surface area contributed by atoms with Crippen LogP contribution in [0.1, 0.15) is 80.3 Å². The molecule has 0 aromatic heterocycles. The molecule has 0 saturated heterocycles. The van der Waals surface area contributed by atoms with E-state index < -0.39 is 17.2 Å². The molecule has 39 heavy (non-hydrogen) atoms. The molecule has 2 aliphatic rings. The van der Waals surface area contributed by atoms with Gasteiger partial charge in [0.1, 0.15) is 12.4 Å². The summed E-state index contributed by atoms with van der Waals surface area (Å²) in [5.41, 5.74) is 1.13. The molecule has 204 valence electrons. The van der Waals surface area contributed by atoms with Gasteiger partial charge in [0.25, 0.3) is 0 Å². The Morgan fingerprint density at radius 1 is 1.18 bits per heavy atom. The second-order valence-electron chi connectivity index (χ2n) is 11.4. The molecule has 4 rings (SSSR count). The van der Waals surface area contributed by atoms with Gasteiger partial charge in [-0.3, -0.25) is 9.79 Å². The third-order valence-electron chi connectivity index (χ3n) is 8.49. The number of rotatable bonds is 8. The van der Waals surface area contributed by atoms with Crippen molar-refractivity contribution in [2.45, 2.75) is 70.8 Å². The van der Waals surface area contributed by atoms with E-state index in [9.17, 15) is 18.4 Å². The first-order chi connectivity index (χ1) is 18.6. The fourth-order valence-electron chi connectivity index (χ4n) is 5.99. The van der Waals surface area contributed by atoms with Crippen molar-refractivity contribution < 1.29 is 22.9 Å². The molecule has 1 unspecified atom stereocenters. The SMILES string of the molecule is C#CCC[N+](=C)C(=O)c1ccc(CCC2CC3(CCC(C(C)C)CC3)N=C(c3cccc(F)c3F)C2=O)cc1. The number of hydrogen-bond acceptors (Lipinski definition) is 3. The number of benzene rings is 2. The van der Waals surface area contributed by atoms with Gasteiger partial charge >= 0.3 is 5.91 Å². The van der Waals surface area contributed by atoms with Crippen LogP contribution in [0.25, 0.3) is 0 Å². The van der Waals surface area contributed by atoms with Crippen LogP contribution in [-0.2, 0) is 11.2 Å². The molecule has 1 fully saturated rings. The predicted molar refractivity (Wildman–Crippen MR) is 150 cm³/mol. The Labute approximate surface area is 230 Å². The molecule has 1 aliphatic carbocycles. The lowest BCUT2D eigenvalue weighted by molar-refractivity contribution is -0.418. The number of nitrogens with zero attached hydrogens (tertiary/aromatic N) is 2. The molecule has 4 nitrogen and oxygen atoms in total. The maximum Gasteiger partial charge on any atom is 0.418 e. The van der Waals surface area contributed by atoms with E-state index in [1.54, 1.807) is 12.1 Å². The van der Waals surface area contributed by atoms with E-state index in [2.05, 4.69) is 26.5 Å². The number of halogens is 2. The summed E-state index contributed by atoms with van der Waals surface area (Å²) in [4.78, 5) is 31.1. The Bertz CT molecular complexity index is 1310. The summed E-state index contributed by atoms with van der Waals surface area (Å²) in [6, 6.07) is 11.2. The van der Waals surface area contributed by atoms with Crippen molar-refractivity contribution in [3.05, 3.63) is 70.8 Å². The number of carbonyl (C=O) groups is 2. The van der Waals surface area contributed by atoms with E-state index in [4.69, 9.17) is 11.4 Å². The van der Waals surface area contributed by atoms with Gasteiger partial charge in [0.15, 0.2) is 24.0 Å². The summed E-state index contributed by atoms with van der Waals surface area (Å²) < 4.78 is 30.3. The van der Waals surface area contributed by atoms with Crippen molar-refractivity contribution in [1.82, 2.24) is 0 Å². The van der Waals surface area contributed by atoms with Crippen LogP contribution < -0.4 is 0 Å². The molecule has 0 bridgehead atoms. The zero-order valence-corrected chi connectivity index (χ0v) is 22.9. The maximum absolute atomic E-state index is 14.8. The summed E-state index contributed by atoms with van der Waals surface area (Å²) in [6.07, 6.45) is 11.3. The van der Waals surface area contributed by atoms with E-state index in [0.717, 1.165) is 37.3 Å². The average Bonchev–Trinajstić information content (AvgIpc) is 2.94. The minimum absolute atomic E-state index is 0.0412. The third-order valence-corrected chi connectivity index (χ3v) is 8.49. The van der Waals surface area contributed by atoms with Gasteiger partial charge in [-0.1, -0.05) is 32.0 Å². The standard InChI is InChI=1S/C33H37F2N2O2/c1-5-6-20-37(4)32(39)25-13-10-23(11-14-25)12-15-26-21-33(18-16-24(17-19-33)22(2)3)36-30(31(26)38)27-8-7-9-28(34)29(27)35/h1,7-11,13-14,22,24,26H,4,6,12,15-21H2,2-3H3/q+1. The smallest absolute Gasteiger partial charge is 0.292 e. The van der Waals surface area contributed by atoms with Gasteiger partial charge in [-0.15, -0.1) is 12.3 Å². The molecule has 1 amide bonds. The van der Waals surface area contributed by atoms with Gasteiger partial charge in [-0.05, 0) is 86.6 Å². The summed E-state index contributed by atoms with van der Waals surface area (Å²) in [5.74, 6) is 0.949. The van der Waals surface area contributed by atoms with E-state index in [0.29, 0.717) is 49.6 Å². The van der Waals surface area contributed by atoms with Crippen LogP contribution in [0, 0.1) is 41.7 Å². The highest BCUT2D eigenvalue weighted by Gasteiger charge is 2.44. The molecule has 6 heteroatoms. The van der Waals surface area contributed by atoms with Gasteiger partial charge in [0, 0.05) is 11.5 Å². The summed E-state index contributed by atoms with van der Waals surface area (Å²) >= 11 is 0. The lowest BCUT2D eigenvalue weighted by atomic mass is 9.67. The quantitative estimate of drug-likeness (QED) is 0.224. The van der Waals surface area contributed by atoms with Crippen molar-refractivity contribution in [3.63, 3.8) is 0 Å². The van der Waals surface area contributed by atoms with E-state index >= 15 is 0 Å². The molecule has 1 heterocycles. The lowest BCUT2D eigenvalue weighted by Crippen LogP contribution is -2.45. The molecule has 1 saturated carbocycles. The van der Waals surface area contributed by atoms with E-state index in [1.807, 2.05) is 12.1 Å². The number of carbonyl (C=O) groups excluding carboxylic acids is 2. The Morgan fingerprint density at radius 2 is 1.87 bits per heavy atom. The number of aliphatic imine (C=N–C) groups is 1. The second kappa shape index (κ2) is 12.2. The second-order valence-corrected chi connectivity index (χ2v) is 11.4. The fraction of sp³-hybridized carbons (Fsp3) is 0.455. The topological polar surface area (TPSA) is 49.5 Å². The van der Waals surface area contributed by atoms with Crippen molar-refractivity contribution in [2.75, 3.05) is 6.54 Å². The van der Waals surface area contributed by atoms with Gasteiger partial charge in [-0.25, -0.2) is 13.6 Å². The van der Waals surface area contributed by atoms with E-state index in [1.165, 1.54) is 16.7 Å². The maximum atomic E-state index is 14.8. The molecule has 0 radical (unpaired) electrons. The van der Waals surface area contributed by atoms with Crippen LogP contribution in [0.4, 0.5) is 8.78 Å². The number of Topliss-reactive ketones (excluding diaryl/α,β-unsaturated/α-hetero) is 1. The fourth-order valence-corrected chi connectivity index (χ4v) is 5.99. The molecular weight excluding hydrogens is 494 g/mol. The van der Waals surface area contributed by atoms with Gasteiger partial charge in [0.05, 0.1) is 17.5 Å². The summed E-state index contributed by atoms with van der Waals surface area (Å²) in [6.45, 7) is 8.62. The third kappa shape index (κ3) is 6.41. The van der Waals surface area contributed by atoms with Crippen molar-refractivity contribution in [2.24, 2.45) is 22.7 Å². The lowest BCUT2D eigenvalue weighted by Gasteiger charge is -2.43. The van der Waals surface area contributed by atoms with Crippen LogP contribution in [-0.4, -0.2) is 40.8 Å². The van der Waals surface area contributed by atoms with Gasteiger partial charge < -0.3 is 0 Å². The zero-order valence-electron chi connectivity index (χ0n) is 22.9. The number of ketones is 1. The Balaban J connectivity index is 1.53. The molecule has 2 aromatic carbocycles. The monoisotopic (exact) mass is 531 g/mol. The first kappa shape index (κ1) is 28.5. The van der Waals surface area contributed by atoms with Crippen LogP contribution in [0.15, 0.2) is 47.5 Å². The van der Waals surface area contributed by atoms with Crippen LogP contribution in [0.2, 0.25) is 0 Å². The molecule has 2 aromatic rings. The van der Waals surface area contributed by atoms with Crippen LogP contribution >= 0.6 is 0 Å².